The third-order valence-corrected chi connectivity index (χ3v) is 5.30. The highest BCUT2D eigenvalue weighted by molar-refractivity contribution is 5.74. The van der Waals surface area contributed by atoms with Crippen LogP contribution in [0.15, 0.2) is 78.2 Å². The van der Waals surface area contributed by atoms with E-state index >= 15 is 0 Å². The van der Waals surface area contributed by atoms with Crippen LogP contribution >= 0.6 is 0 Å². The standard InChI is InChI=1S/C27H24N2O5/c1-3-31-20-6-4-5-18(13-20)26-22-12-11-21(14-24(22)34-27(29)23(26)15-28)33-25(30)16-32-19-9-7-17(2)8-10-19/h4-14,26H,3,16,29H2,1-2H3. The van der Waals surface area contributed by atoms with Crippen molar-refractivity contribution in [2.24, 2.45) is 5.73 Å². The van der Waals surface area contributed by atoms with Crippen molar-refractivity contribution >= 4 is 5.97 Å². The summed E-state index contributed by atoms with van der Waals surface area (Å²) in [7, 11) is 0. The van der Waals surface area contributed by atoms with Crippen molar-refractivity contribution in [3.8, 4) is 29.1 Å². The molecule has 3 aromatic rings. The molecule has 0 aromatic heterocycles. The first-order chi connectivity index (χ1) is 16.5. The fourth-order valence-electron chi connectivity index (χ4n) is 3.73. The highest BCUT2D eigenvalue weighted by Crippen LogP contribution is 2.44. The summed E-state index contributed by atoms with van der Waals surface area (Å²) in [5, 5.41) is 9.75. The Labute approximate surface area is 197 Å². The van der Waals surface area contributed by atoms with Gasteiger partial charge in [-0.1, -0.05) is 35.9 Å². The van der Waals surface area contributed by atoms with E-state index in [2.05, 4.69) is 6.07 Å². The van der Waals surface area contributed by atoms with Gasteiger partial charge in [0.15, 0.2) is 6.61 Å². The van der Waals surface area contributed by atoms with Gasteiger partial charge in [0.1, 0.15) is 34.6 Å². The number of fused-ring (bicyclic) bond motifs is 1. The van der Waals surface area contributed by atoms with Crippen LogP contribution in [0.4, 0.5) is 0 Å². The number of nitriles is 1. The number of aryl methyl sites for hydroxylation is 1. The number of nitrogens with two attached hydrogens (primary N) is 1. The zero-order chi connectivity index (χ0) is 24.1. The third-order valence-electron chi connectivity index (χ3n) is 5.30. The molecule has 0 spiro atoms. The molecular formula is C27H24N2O5. The molecule has 0 saturated heterocycles. The zero-order valence-corrected chi connectivity index (χ0v) is 18.9. The van der Waals surface area contributed by atoms with Crippen LogP contribution in [0.25, 0.3) is 0 Å². The fourth-order valence-corrected chi connectivity index (χ4v) is 3.73. The summed E-state index contributed by atoms with van der Waals surface area (Å²) in [6.07, 6.45) is 0. The van der Waals surface area contributed by atoms with Gasteiger partial charge in [0, 0.05) is 11.6 Å². The SMILES string of the molecule is CCOc1cccc(C2C(C#N)=C(N)Oc3cc(OC(=O)COc4ccc(C)cc4)ccc32)c1. The number of nitrogens with zero attached hydrogens (tertiary/aromatic N) is 1. The van der Waals surface area contributed by atoms with Gasteiger partial charge in [0.05, 0.1) is 12.5 Å². The Balaban J connectivity index is 1.55. The van der Waals surface area contributed by atoms with E-state index in [0.29, 0.717) is 29.4 Å². The molecule has 1 atom stereocenters. The second-order valence-corrected chi connectivity index (χ2v) is 7.71. The van der Waals surface area contributed by atoms with Crippen LogP contribution in [0.1, 0.15) is 29.5 Å². The van der Waals surface area contributed by atoms with Crippen molar-refractivity contribution in [3.63, 3.8) is 0 Å². The summed E-state index contributed by atoms with van der Waals surface area (Å²) in [6.45, 7) is 4.16. The number of rotatable bonds is 7. The van der Waals surface area contributed by atoms with Crippen molar-refractivity contribution in [3.05, 3.63) is 94.9 Å². The number of carbonyl (C=O) groups is 1. The van der Waals surface area contributed by atoms with E-state index in [1.807, 2.05) is 50.2 Å². The minimum Gasteiger partial charge on any atom is -0.494 e. The topological polar surface area (TPSA) is 104 Å². The molecule has 0 bridgehead atoms. The van der Waals surface area contributed by atoms with Crippen molar-refractivity contribution in [2.75, 3.05) is 13.2 Å². The van der Waals surface area contributed by atoms with Gasteiger partial charge in [0.2, 0.25) is 5.88 Å². The van der Waals surface area contributed by atoms with Crippen LogP contribution in [0.5, 0.6) is 23.0 Å². The summed E-state index contributed by atoms with van der Waals surface area (Å²) < 4.78 is 22.2. The van der Waals surface area contributed by atoms with E-state index in [-0.39, 0.29) is 18.2 Å². The van der Waals surface area contributed by atoms with Gasteiger partial charge < -0.3 is 24.7 Å². The number of carbonyl (C=O) groups excluding carboxylic acids is 1. The first kappa shape index (κ1) is 22.7. The molecule has 0 aliphatic carbocycles. The van der Waals surface area contributed by atoms with E-state index in [0.717, 1.165) is 16.7 Å². The van der Waals surface area contributed by atoms with Crippen LogP contribution in [-0.4, -0.2) is 19.2 Å². The van der Waals surface area contributed by atoms with Gasteiger partial charge in [-0.2, -0.15) is 5.26 Å². The summed E-state index contributed by atoms with van der Waals surface area (Å²) in [5.41, 5.74) is 9.05. The zero-order valence-electron chi connectivity index (χ0n) is 18.9. The summed E-state index contributed by atoms with van der Waals surface area (Å²) in [6, 6.07) is 22.0. The lowest BCUT2D eigenvalue weighted by Gasteiger charge is -2.27. The van der Waals surface area contributed by atoms with Gasteiger partial charge in [-0.05, 0) is 49.7 Å². The Kier molecular flexibility index (Phi) is 6.69. The minimum atomic E-state index is -0.557. The van der Waals surface area contributed by atoms with E-state index in [9.17, 15) is 10.1 Å². The molecule has 2 N–H and O–H groups in total. The highest BCUT2D eigenvalue weighted by Gasteiger charge is 2.31. The minimum absolute atomic E-state index is 0.00740. The molecular weight excluding hydrogens is 432 g/mol. The lowest BCUT2D eigenvalue weighted by atomic mass is 9.83. The van der Waals surface area contributed by atoms with Crippen molar-refractivity contribution < 1.29 is 23.7 Å². The smallest absolute Gasteiger partial charge is 0.349 e. The number of esters is 1. The Hall–Kier alpha value is -4.44. The molecule has 7 nitrogen and oxygen atoms in total. The maximum atomic E-state index is 12.3. The summed E-state index contributed by atoms with van der Waals surface area (Å²) in [5.74, 6) is 0.980. The Bertz CT molecular complexity index is 1270. The summed E-state index contributed by atoms with van der Waals surface area (Å²) in [4.78, 5) is 12.3. The van der Waals surface area contributed by atoms with Crippen LogP contribution in [0.3, 0.4) is 0 Å². The van der Waals surface area contributed by atoms with E-state index in [1.54, 1.807) is 30.3 Å². The molecule has 0 amide bonds. The molecule has 1 aliphatic heterocycles. The van der Waals surface area contributed by atoms with Gasteiger partial charge in [-0.3, -0.25) is 0 Å². The van der Waals surface area contributed by atoms with E-state index in [1.165, 1.54) is 0 Å². The lowest BCUT2D eigenvalue weighted by Crippen LogP contribution is -2.21. The molecule has 172 valence electrons. The van der Waals surface area contributed by atoms with Crippen molar-refractivity contribution in [1.29, 1.82) is 5.26 Å². The normalized spacial score (nSPS) is 14.4. The Morgan fingerprint density at radius 3 is 2.53 bits per heavy atom. The maximum Gasteiger partial charge on any atom is 0.349 e. The Morgan fingerprint density at radius 2 is 1.79 bits per heavy atom. The third kappa shape index (κ3) is 4.97. The molecule has 1 unspecified atom stereocenters. The van der Waals surface area contributed by atoms with Gasteiger partial charge in [-0.25, -0.2) is 4.79 Å². The number of benzene rings is 3. The predicted molar refractivity (Wildman–Crippen MR) is 126 cm³/mol. The first-order valence-corrected chi connectivity index (χ1v) is 10.8. The lowest BCUT2D eigenvalue weighted by molar-refractivity contribution is -0.136. The van der Waals surface area contributed by atoms with Crippen LogP contribution in [0.2, 0.25) is 0 Å². The van der Waals surface area contributed by atoms with Gasteiger partial charge >= 0.3 is 5.97 Å². The molecule has 3 aromatic carbocycles. The molecule has 7 heteroatoms. The molecule has 4 rings (SSSR count). The number of allylic oxidation sites excluding steroid dienone is 1. The molecule has 0 fully saturated rings. The molecule has 1 heterocycles. The maximum absolute atomic E-state index is 12.3. The second-order valence-electron chi connectivity index (χ2n) is 7.71. The fraction of sp³-hybridized carbons (Fsp3) is 0.185. The van der Waals surface area contributed by atoms with E-state index < -0.39 is 11.9 Å². The van der Waals surface area contributed by atoms with Crippen LogP contribution in [0, 0.1) is 18.3 Å². The van der Waals surface area contributed by atoms with Crippen LogP contribution < -0.4 is 24.7 Å². The average molecular weight is 456 g/mol. The van der Waals surface area contributed by atoms with Gasteiger partial charge in [0.25, 0.3) is 0 Å². The average Bonchev–Trinajstić information content (AvgIpc) is 2.83. The highest BCUT2D eigenvalue weighted by atomic mass is 16.6. The van der Waals surface area contributed by atoms with Gasteiger partial charge in [-0.15, -0.1) is 0 Å². The largest absolute Gasteiger partial charge is 0.494 e. The molecule has 0 radical (unpaired) electrons. The number of hydrogen-bond donors (Lipinski definition) is 1. The molecule has 1 aliphatic rings. The quantitative estimate of drug-likeness (QED) is 0.409. The van der Waals surface area contributed by atoms with Crippen LogP contribution in [-0.2, 0) is 4.79 Å². The monoisotopic (exact) mass is 456 g/mol. The molecule has 0 saturated carbocycles. The molecule has 34 heavy (non-hydrogen) atoms. The number of ether oxygens (including phenoxy) is 4. The first-order valence-electron chi connectivity index (χ1n) is 10.8. The Morgan fingerprint density at radius 1 is 1.03 bits per heavy atom. The number of hydrogen-bond acceptors (Lipinski definition) is 7. The second kappa shape index (κ2) is 10.0. The van der Waals surface area contributed by atoms with Crippen molar-refractivity contribution in [1.82, 2.24) is 0 Å². The summed E-state index contributed by atoms with van der Waals surface area (Å²) >= 11 is 0. The predicted octanol–water partition coefficient (Wildman–Crippen LogP) is 4.60. The van der Waals surface area contributed by atoms with Crippen molar-refractivity contribution in [2.45, 2.75) is 19.8 Å². The van der Waals surface area contributed by atoms with E-state index in [4.69, 9.17) is 24.7 Å².